The van der Waals surface area contributed by atoms with Gasteiger partial charge in [0, 0.05) is 36.7 Å². The summed E-state index contributed by atoms with van der Waals surface area (Å²) in [5.41, 5.74) is 2.93. The van der Waals surface area contributed by atoms with Crippen LogP contribution in [0.5, 0.6) is 5.75 Å². The van der Waals surface area contributed by atoms with Crippen LogP contribution >= 0.6 is 0 Å². The number of hydrogen-bond acceptors (Lipinski definition) is 7. The van der Waals surface area contributed by atoms with E-state index in [2.05, 4.69) is 15.8 Å². The summed E-state index contributed by atoms with van der Waals surface area (Å²) in [5, 5.41) is 17.4. The molecule has 12 nitrogen and oxygen atoms in total. The van der Waals surface area contributed by atoms with Gasteiger partial charge in [-0.2, -0.15) is 0 Å². The van der Waals surface area contributed by atoms with Crippen LogP contribution in [-0.2, 0) is 14.4 Å². The second-order valence-electron chi connectivity index (χ2n) is 10.4. The monoisotopic (exact) mass is 636 g/mol. The topological polar surface area (TPSA) is 144 Å². The lowest BCUT2D eigenvalue weighted by Gasteiger charge is -2.27. The van der Waals surface area contributed by atoms with E-state index in [9.17, 15) is 19.2 Å². The number of likely N-dealkylation sites (N-methyl/N-ethyl adjacent to an activating group) is 2. The van der Waals surface area contributed by atoms with E-state index in [4.69, 9.17) is 9.94 Å². The molecule has 0 spiro atoms. The van der Waals surface area contributed by atoms with E-state index in [0.717, 1.165) is 0 Å². The molecule has 0 saturated carbocycles. The molecule has 12 heteroatoms. The Morgan fingerprint density at radius 2 is 1.34 bits per heavy atom. The Hall–Kier alpha value is -6.17. The second kappa shape index (κ2) is 16.2. The fraction of sp³-hybridized carbons (Fsp3) is 0.171. The van der Waals surface area contributed by atoms with Crippen molar-refractivity contribution in [1.29, 1.82) is 0 Å². The molecule has 0 aromatic heterocycles. The van der Waals surface area contributed by atoms with Gasteiger partial charge in [-0.3, -0.25) is 19.3 Å². The highest BCUT2D eigenvalue weighted by Gasteiger charge is 2.25. The lowest BCUT2D eigenvalue weighted by molar-refractivity contribution is -0.121. The van der Waals surface area contributed by atoms with Gasteiger partial charge in [0.1, 0.15) is 12.3 Å². The third-order valence-corrected chi connectivity index (χ3v) is 7.23. The zero-order chi connectivity index (χ0) is 33.8. The molecule has 3 N–H and O–H groups in total. The summed E-state index contributed by atoms with van der Waals surface area (Å²) in [6, 6.07) is 30.6. The summed E-state index contributed by atoms with van der Waals surface area (Å²) < 4.78 is 5.91. The highest BCUT2D eigenvalue weighted by atomic mass is 16.5. The molecule has 242 valence electrons. The lowest BCUT2D eigenvalue weighted by Crippen LogP contribution is -2.46. The Kier molecular flexibility index (Phi) is 11.6. The summed E-state index contributed by atoms with van der Waals surface area (Å²) in [7, 11) is 3.24. The fourth-order valence-electron chi connectivity index (χ4n) is 4.49. The molecule has 0 saturated heterocycles. The molecule has 5 amide bonds. The van der Waals surface area contributed by atoms with Crippen molar-refractivity contribution in [2.24, 2.45) is 5.16 Å². The van der Waals surface area contributed by atoms with Gasteiger partial charge in [0.15, 0.2) is 6.61 Å². The number of nitrogens with zero attached hydrogens (tertiary/aromatic N) is 4. The minimum absolute atomic E-state index is 0.202. The van der Waals surface area contributed by atoms with Crippen molar-refractivity contribution in [3.05, 3.63) is 115 Å². The fourth-order valence-corrected chi connectivity index (χ4v) is 4.49. The molecule has 0 aliphatic carbocycles. The summed E-state index contributed by atoms with van der Waals surface area (Å²) in [6.45, 7) is 0.438. The van der Waals surface area contributed by atoms with Gasteiger partial charge in [-0.15, -0.1) is 0 Å². The molecule has 0 aliphatic rings. The van der Waals surface area contributed by atoms with Crippen LogP contribution in [-0.4, -0.2) is 68.5 Å². The van der Waals surface area contributed by atoms with Crippen molar-refractivity contribution >= 4 is 52.2 Å². The molecule has 0 radical (unpaired) electrons. The molecule has 47 heavy (non-hydrogen) atoms. The first-order valence-corrected chi connectivity index (χ1v) is 14.7. The van der Waals surface area contributed by atoms with Crippen molar-refractivity contribution in [3.8, 4) is 5.75 Å². The van der Waals surface area contributed by atoms with Crippen LogP contribution in [0.15, 0.2) is 114 Å². The predicted octanol–water partition coefficient (Wildman–Crippen LogP) is 4.74. The van der Waals surface area contributed by atoms with Crippen LogP contribution in [0, 0.1) is 0 Å². The van der Waals surface area contributed by atoms with E-state index in [-0.39, 0.29) is 30.5 Å². The normalized spacial score (nSPS) is 10.8. The smallest absolute Gasteiger partial charge is 0.319 e. The van der Waals surface area contributed by atoms with E-state index >= 15 is 0 Å². The number of carbonyl (C=O) groups is 4. The largest absolute Gasteiger partial charge is 0.482 e. The molecule has 4 aromatic rings. The minimum atomic E-state index is -0.666. The minimum Gasteiger partial charge on any atom is -0.482 e. The zero-order valence-corrected chi connectivity index (χ0v) is 26.3. The van der Waals surface area contributed by atoms with Crippen LogP contribution < -0.4 is 30.1 Å². The molecule has 0 bridgehead atoms. The van der Waals surface area contributed by atoms with Crippen LogP contribution in [0.25, 0.3) is 0 Å². The molecule has 0 unspecified atom stereocenters. The second-order valence-corrected chi connectivity index (χ2v) is 10.4. The van der Waals surface area contributed by atoms with Gasteiger partial charge in [0.25, 0.3) is 5.91 Å². The maximum Gasteiger partial charge on any atom is 0.319 e. The average Bonchev–Trinajstić information content (AvgIpc) is 3.11. The van der Waals surface area contributed by atoms with Gasteiger partial charge in [-0.1, -0.05) is 65.8 Å². The Bertz CT molecular complexity index is 1730. The van der Waals surface area contributed by atoms with Crippen molar-refractivity contribution in [2.75, 3.05) is 53.8 Å². The molecule has 0 fully saturated rings. The highest BCUT2D eigenvalue weighted by Crippen LogP contribution is 2.29. The molecule has 0 heterocycles. The number of nitrogens with one attached hydrogen (secondary N) is 2. The first kappa shape index (κ1) is 33.7. The van der Waals surface area contributed by atoms with Gasteiger partial charge in [-0.05, 0) is 55.5 Å². The molecular formula is C35H36N6O6. The molecule has 0 atom stereocenters. The van der Waals surface area contributed by atoms with Crippen LogP contribution in [0.3, 0.4) is 0 Å². The van der Waals surface area contributed by atoms with Crippen LogP contribution in [0.4, 0.5) is 27.5 Å². The maximum atomic E-state index is 13.7. The van der Waals surface area contributed by atoms with Gasteiger partial charge in [0.05, 0.1) is 17.9 Å². The summed E-state index contributed by atoms with van der Waals surface area (Å²) >= 11 is 0. The molecule has 0 aliphatic heterocycles. The number of carbonyl (C=O) groups excluding carboxylic acids is 4. The Morgan fingerprint density at radius 1 is 0.745 bits per heavy atom. The number of para-hydroxylation sites is 4. The average molecular weight is 637 g/mol. The van der Waals surface area contributed by atoms with Gasteiger partial charge < -0.3 is 30.4 Å². The van der Waals surface area contributed by atoms with E-state index in [0.29, 0.717) is 28.3 Å². The third kappa shape index (κ3) is 9.17. The van der Waals surface area contributed by atoms with Gasteiger partial charge >= 0.3 is 6.03 Å². The quantitative estimate of drug-likeness (QED) is 0.116. The third-order valence-electron chi connectivity index (χ3n) is 7.23. The number of rotatable bonds is 12. The standard InChI is InChI=1S/C35H36N6O6/c1-25(38-46)26-13-12-14-27(21-26)37-35(45)36-22-32(42)41(23-33(43)39(2)28-15-6-4-7-16-28)30-19-10-11-20-31(30)47-24-34(44)40(3)29-17-8-5-9-18-29/h4-21,46H,22-24H2,1-3H3,(H2,36,37,45). The summed E-state index contributed by atoms with van der Waals surface area (Å²) in [4.78, 5) is 56.9. The first-order chi connectivity index (χ1) is 22.7. The zero-order valence-electron chi connectivity index (χ0n) is 26.3. The number of anilines is 4. The van der Waals surface area contributed by atoms with E-state index in [1.54, 1.807) is 106 Å². The van der Waals surface area contributed by atoms with Crippen molar-refractivity contribution in [1.82, 2.24) is 5.32 Å². The number of hydrogen-bond donors (Lipinski definition) is 3. The number of urea groups is 1. The summed E-state index contributed by atoms with van der Waals surface area (Å²) in [5.74, 6) is -1.13. The Morgan fingerprint density at radius 3 is 1.98 bits per heavy atom. The van der Waals surface area contributed by atoms with Gasteiger partial charge in [-0.25, -0.2) is 4.79 Å². The number of oxime groups is 1. The van der Waals surface area contributed by atoms with Crippen LogP contribution in [0.1, 0.15) is 12.5 Å². The van der Waals surface area contributed by atoms with Crippen molar-refractivity contribution < 1.29 is 29.1 Å². The molecule has 4 aromatic carbocycles. The van der Waals surface area contributed by atoms with Crippen LogP contribution in [0.2, 0.25) is 0 Å². The SMILES string of the molecule is CC(=NO)c1cccc(NC(=O)NCC(=O)N(CC(=O)N(C)c2ccccc2)c2ccccc2OCC(=O)N(C)c2ccccc2)c1. The number of amides is 5. The number of benzene rings is 4. The molecular weight excluding hydrogens is 600 g/mol. The Labute approximate surface area is 272 Å². The Balaban J connectivity index is 1.52. The maximum absolute atomic E-state index is 13.7. The first-order valence-electron chi connectivity index (χ1n) is 14.7. The van der Waals surface area contributed by atoms with E-state index < -0.39 is 24.4 Å². The predicted molar refractivity (Wildman–Crippen MR) is 181 cm³/mol. The lowest BCUT2D eigenvalue weighted by atomic mass is 10.1. The summed E-state index contributed by atoms with van der Waals surface area (Å²) in [6.07, 6.45) is 0. The number of ether oxygens (including phenoxy) is 1. The van der Waals surface area contributed by atoms with Gasteiger partial charge in [0.2, 0.25) is 11.8 Å². The molecule has 4 rings (SSSR count). The van der Waals surface area contributed by atoms with Crippen molar-refractivity contribution in [3.63, 3.8) is 0 Å². The van der Waals surface area contributed by atoms with E-state index in [1.165, 1.54) is 14.7 Å². The van der Waals surface area contributed by atoms with Crippen molar-refractivity contribution in [2.45, 2.75) is 6.92 Å². The van der Waals surface area contributed by atoms with E-state index in [1.807, 2.05) is 24.3 Å². The highest BCUT2D eigenvalue weighted by molar-refractivity contribution is 6.06.